The summed E-state index contributed by atoms with van der Waals surface area (Å²) < 4.78 is 4.79. The van der Waals surface area contributed by atoms with E-state index in [9.17, 15) is 9.59 Å². The van der Waals surface area contributed by atoms with Gasteiger partial charge in [0, 0.05) is 24.8 Å². The number of nitrogens with one attached hydrogen (secondary N) is 2. The van der Waals surface area contributed by atoms with E-state index in [1.54, 1.807) is 31.4 Å². The fraction of sp³-hybridized carbons (Fsp3) is 0.286. The van der Waals surface area contributed by atoms with Gasteiger partial charge in [-0.05, 0) is 23.8 Å². The number of halogens is 1. The van der Waals surface area contributed by atoms with Crippen molar-refractivity contribution < 1.29 is 14.3 Å². The highest BCUT2D eigenvalue weighted by atomic mass is 35.5. The molecule has 108 valence electrons. The zero-order valence-electron chi connectivity index (χ0n) is 11.2. The molecule has 0 aliphatic carbocycles. The van der Waals surface area contributed by atoms with E-state index in [0.29, 0.717) is 18.2 Å². The molecule has 0 aliphatic rings. The van der Waals surface area contributed by atoms with Gasteiger partial charge in [0.1, 0.15) is 0 Å². The van der Waals surface area contributed by atoms with E-state index in [0.717, 1.165) is 5.56 Å². The number of benzene rings is 1. The van der Waals surface area contributed by atoms with Crippen LogP contribution in [-0.4, -0.2) is 38.6 Å². The van der Waals surface area contributed by atoms with Crippen molar-refractivity contribution in [3.8, 4) is 0 Å². The highest BCUT2D eigenvalue weighted by molar-refractivity contribution is 6.30. The first kappa shape index (κ1) is 16.2. The van der Waals surface area contributed by atoms with Crippen LogP contribution in [0.3, 0.4) is 0 Å². The van der Waals surface area contributed by atoms with Crippen molar-refractivity contribution in [3.05, 3.63) is 40.9 Å². The summed E-state index contributed by atoms with van der Waals surface area (Å²) in [5.41, 5.74) is 0.817. The third-order valence-corrected chi connectivity index (χ3v) is 2.56. The van der Waals surface area contributed by atoms with Crippen LogP contribution < -0.4 is 10.6 Å². The van der Waals surface area contributed by atoms with Gasteiger partial charge in [-0.1, -0.05) is 23.7 Å². The minimum Gasteiger partial charge on any atom is -0.383 e. The summed E-state index contributed by atoms with van der Waals surface area (Å²) in [6.45, 7) is 0.792. The lowest BCUT2D eigenvalue weighted by Gasteiger charge is -2.04. The molecule has 20 heavy (non-hydrogen) atoms. The fourth-order valence-corrected chi connectivity index (χ4v) is 1.56. The van der Waals surface area contributed by atoms with Gasteiger partial charge in [0.05, 0.1) is 13.2 Å². The van der Waals surface area contributed by atoms with Crippen LogP contribution in [0, 0.1) is 0 Å². The first-order valence-corrected chi connectivity index (χ1v) is 6.46. The van der Waals surface area contributed by atoms with Gasteiger partial charge in [-0.25, -0.2) is 0 Å². The molecule has 0 heterocycles. The summed E-state index contributed by atoms with van der Waals surface area (Å²) in [5.74, 6) is -0.599. The van der Waals surface area contributed by atoms with E-state index in [1.165, 1.54) is 6.08 Å². The second-order valence-corrected chi connectivity index (χ2v) is 4.39. The topological polar surface area (TPSA) is 67.4 Å². The van der Waals surface area contributed by atoms with E-state index < -0.39 is 0 Å². The van der Waals surface area contributed by atoms with Crippen LogP contribution in [0.5, 0.6) is 0 Å². The van der Waals surface area contributed by atoms with Gasteiger partial charge < -0.3 is 15.4 Å². The van der Waals surface area contributed by atoms with Gasteiger partial charge in [-0.2, -0.15) is 0 Å². The molecule has 1 aromatic rings. The molecule has 0 fully saturated rings. The van der Waals surface area contributed by atoms with Crippen molar-refractivity contribution in [1.82, 2.24) is 10.6 Å². The lowest BCUT2D eigenvalue weighted by atomic mass is 10.2. The average molecular weight is 297 g/mol. The van der Waals surface area contributed by atoms with E-state index in [4.69, 9.17) is 16.3 Å². The van der Waals surface area contributed by atoms with Gasteiger partial charge in [0.2, 0.25) is 11.8 Å². The molecule has 1 rings (SSSR count). The Bertz CT molecular complexity index is 489. The van der Waals surface area contributed by atoms with Crippen LogP contribution in [0.2, 0.25) is 5.02 Å². The second-order valence-electron chi connectivity index (χ2n) is 3.95. The number of amides is 2. The van der Waals surface area contributed by atoms with Crippen LogP contribution in [0.4, 0.5) is 0 Å². The molecule has 1 aromatic carbocycles. The molecular weight excluding hydrogens is 280 g/mol. The molecular formula is C14H17ClN2O3. The van der Waals surface area contributed by atoms with Crippen molar-refractivity contribution in [3.63, 3.8) is 0 Å². The smallest absolute Gasteiger partial charge is 0.244 e. The maximum absolute atomic E-state index is 11.5. The summed E-state index contributed by atoms with van der Waals surface area (Å²) in [6.07, 6.45) is 2.98. The van der Waals surface area contributed by atoms with Gasteiger partial charge in [0.25, 0.3) is 0 Å². The lowest BCUT2D eigenvalue weighted by molar-refractivity contribution is -0.124. The maximum atomic E-state index is 11.5. The average Bonchev–Trinajstić information content (AvgIpc) is 2.43. The second kappa shape index (κ2) is 9.12. The van der Waals surface area contributed by atoms with Gasteiger partial charge in [-0.3, -0.25) is 9.59 Å². The number of carbonyl (C=O) groups is 2. The number of methoxy groups -OCH3 is 1. The van der Waals surface area contributed by atoms with Crippen LogP contribution >= 0.6 is 11.6 Å². The Morgan fingerprint density at radius 1 is 1.35 bits per heavy atom. The molecule has 6 heteroatoms. The number of hydrogen-bond donors (Lipinski definition) is 2. The van der Waals surface area contributed by atoms with E-state index in [2.05, 4.69) is 10.6 Å². The summed E-state index contributed by atoms with van der Waals surface area (Å²) in [4.78, 5) is 22.8. The number of ether oxygens (including phenoxy) is 1. The lowest BCUT2D eigenvalue weighted by Crippen LogP contribution is -2.37. The molecule has 0 radical (unpaired) electrons. The standard InChI is InChI=1S/C14H17ClN2O3/c1-20-8-7-16-14(19)10-17-13(18)6-5-11-3-2-4-12(15)9-11/h2-6,9H,7-8,10H2,1H3,(H,16,19)(H,17,18)/b6-5+. The number of rotatable bonds is 7. The summed E-state index contributed by atoms with van der Waals surface area (Å²) in [6, 6.07) is 7.11. The molecule has 0 bridgehead atoms. The SMILES string of the molecule is COCCNC(=O)CNC(=O)/C=C/c1cccc(Cl)c1. The largest absolute Gasteiger partial charge is 0.383 e. The van der Waals surface area contributed by atoms with Crippen molar-refractivity contribution in [2.24, 2.45) is 0 Å². The van der Waals surface area contributed by atoms with Crippen molar-refractivity contribution in [2.75, 3.05) is 26.8 Å². The van der Waals surface area contributed by atoms with Crippen LogP contribution in [0.15, 0.2) is 30.3 Å². The molecule has 0 spiro atoms. The molecule has 2 N–H and O–H groups in total. The molecule has 0 aromatic heterocycles. The molecule has 2 amide bonds. The Labute approximate surface area is 123 Å². The molecule has 5 nitrogen and oxygen atoms in total. The first-order chi connectivity index (χ1) is 9.61. The summed E-state index contributed by atoms with van der Waals surface area (Å²) >= 11 is 5.83. The zero-order chi connectivity index (χ0) is 14.8. The van der Waals surface area contributed by atoms with Crippen molar-refractivity contribution in [2.45, 2.75) is 0 Å². The van der Waals surface area contributed by atoms with Gasteiger partial charge in [-0.15, -0.1) is 0 Å². The Kier molecular flexibility index (Phi) is 7.39. The highest BCUT2D eigenvalue weighted by Gasteiger charge is 2.02. The Hall–Kier alpha value is -1.85. The minimum absolute atomic E-state index is 0.0670. The van der Waals surface area contributed by atoms with Crippen LogP contribution in [0.25, 0.3) is 6.08 Å². The fourth-order valence-electron chi connectivity index (χ4n) is 1.36. The van der Waals surface area contributed by atoms with E-state index >= 15 is 0 Å². The van der Waals surface area contributed by atoms with Gasteiger partial charge >= 0.3 is 0 Å². The molecule has 0 saturated carbocycles. The minimum atomic E-state index is -0.341. The normalized spacial score (nSPS) is 10.5. The van der Waals surface area contributed by atoms with Crippen molar-refractivity contribution in [1.29, 1.82) is 0 Å². The molecule has 0 unspecified atom stereocenters. The molecule has 0 aliphatic heterocycles. The predicted octanol–water partition coefficient (Wildman–Crippen LogP) is 1.23. The third kappa shape index (κ3) is 6.92. The number of carbonyl (C=O) groups excluding carboxylic acids is 2. The Morgan fingerprint density at radius 2 is 2.15 bits per heavy atom. The molecule has 0 saturated heterocycles. The maximum Gasteiger partial charge on any atom is 0.244 e. The Balaban J connectivity index is 2.31. The van der Waals surface area contributed by atoms with Gasteiger partial charge in [0.15, 0.2) is 0 Å². The first-order valence-electron chi connectivity index (χ1n) is 6.09. The Morgan fingerprint density at radius 3 is 2.85 bits per heavy atom. The quantitative estimate of drug-likeness (QED) is 0.587. The van der Waals surface area contributed by atoms with E-state index in [-0.39, 0.29) is 18.4 Å². The summed E-state index contributed by atoms with van der Waals surface area (Å²) in [5, 5.41) is 5.68. The highest BCUT2D eigenvalue weighted by Crippen LogP contribution is 2.11. The summed E-state index contributed by atoms with van der Waals surface area (Å²) in [7, 11) is 1.55. The molecule has 0 atom stereocenters. The van der Waals surface area contributed by atoms with Crippen LogP contribution in [-0.2, 0) is 14.3 Å². The van der Waals surface area contributed by atoms with Crippen LogP contribution in [0.1, 0.15) is 5.56 Å². The zero-order valence-corrected chi connectivity index (χ0v) is 11.9. The van der Waals surface area contributed by atoms with Crippen molar-refractivity contribution >= 4 is 29.5 Å². The monoisotopic (exact) mass is 296 g/mol. The predicted molar refractivity (Wildman–Crippen MR) is 78.4 cm³/mol. The third-order valence-electron chi connectivity index (χ3n) is 2.33. The van der Waals surface area contributed by atoms with E-state index in [1.807, 2.05) is 6.07 Å². The number of hydrogen-bond acceptors (Lipinski definition) is 3.